The van der Waals surface area contributed by atoms with E-state index in [-0.39, 0.29) is 18.3 Å². The van der Waals surface area contributed by atoms with E-state index in [1.807, 2.05) is 18.2 Å². The van der Waals surface area contributed by atoms with E-state index in [9.17, 15) is 4.79 Å². The molecule has 0 saturated heterocycles. The Labute approximate surface area is 197 Å². The van der Waals surface area contributed by atoms with Gasteiger partial charge in [0.1, 0.15) is 12.1 Å². The van der Waals surface area contributed by atoms with Crippen LogP contribution < -0.4 is 10.6 Å². The molecule has 4 rings (SSSR count). The average Bonchev–Trinajstić information content (AvgIpc) is 3.03. The molecular formula is C19H13Cl4N5OS. The number of amides is 1. The van der Waals surface area contributed by atoms with Crippen LogP contribution in [0.2, 0.25) is 15.1 Å². The molecule has 2 N–H and O–H groups in total. The summed E-state index contributed by atoms with van der Waals surface area (Å²) in [5.41, 5.74) is 2.08. The van der Waals surface area contributed by atoms with E-state index < -0.39 is 0 Å². The van der Waals surface area contributed by atoms with Crippen LogP contribution >= 0.6 is 59.0 Å². The number of hydrogen-bond acceptors (Lipinski definition) is 6. The van der Waals surface area contributed by atoms with E-state index in [1.165, 1.54) is 18.1 Å². The van der Waals surface area contributed by atoms with Crippen LogP contribution in [0.15, 0.2) is 46.6 Å². The first-order chi connectivity index (χ1) is 13.9. The molecule has 0 saturated carbocycles. The van der Waals surface area contributed by atoms with Crippen LogP contribution in [-0.4, -0.2) is 28.1 Å². The number of carbonyl (C=O) groups is 1. The SMILES string of the molecule is CNc1ncnc2ccc(/C=C3\SC(Nc4c(Cl)cc(Cl)cc4Cl)=NC3=O)cc12.Cl. The zero-order chi connectivity index (χ0) is 20.5. The number of fused-ring (bicyclic) bond motifs is 1. The van der Waals surface area contributed by atoms with Crippen molar-refractivity contribution in [3.8, 4) is 0 Å². The summed E-state index contributed by atoms with van der Waals surface area (Å²) >= 11 is 19.5. The van der Waals surface area contributed by atoms with Gasteiger partial charge in [-0.1, -0.05) is 40.9 Å². The molecule has 2 aromatic carbocycles. The maximum atomic E-state index is 12.3. The van der Waals surface area contributed by atoms with Gasteiger partial charge in [-0.05, 0) is 47.7 Å². The van der Waals surface area contributed by atoms with E-state index in [0.717, 1.165) is 16.5 Å². The number of halogens is 4. The number of carbonyl (C=O) groups excluding carboxylic acids is 1. The fourth-order valence-corrected chi connectivity index (χ4v) is 4.48. The summed E-state index contributed by atoms with van der Waals surface area (Å²) in [6.07, 6.45) is 3.27. The molecular weight excluding hydrogens is 488 g/mol. The Kier molecular flexibility index (Phi) is 7.10. The first kappa shape index (κ1) is 22.7. The summed E-state index contributed by atoms with van der Waals surface area (Å²) < 4.78 is 0. The van der Waals surface area contributed by atoms with Crippen molar-refractivity contribution in [1.29, 1.82) is 0 Å². The molecule has 2 heterocycles. The molecule has 0 fully saturated rings. The second-order valence-electron chi connectivity index (χ2n) is 5.95. The molecule has 0 bridgehead atoms. The number of aromatic nitrogens is 2. The van der Waals surface area contributed by atoms with Gasteiger partial charge in [0.2, 0.25) is 0 Å². The number of amidine groups is 1. The number of nitrogens with one attached hydrogen (secondary N) is 2. The van der Waals surface area contributed by atoms with Crippen molar-refractivity contribution in [1.82, 2.24) is 9.97 Å². The number of benzene rings is 2. The summed E-state index contributed by atoms with van der Waals surface area (Å²) in [4.78, 5) is 25.3. The normalized spacial score (nSPS) is 14.6. The first-order valence-corrected chi connectivity index (χ1v) is 10.3. The van der Waals surface area contributed by atoms with Crippen molar-refractivity contribution in [3.63, 3.8) is 0 Å². The molecule has 0 spiro atoms. The Hall–Kier alpha value is -2.03. The third kappa shape index (κ3) is 4.66. The third-order valence-corrected chi connectivity index (χ3v) is 5.77. The van der Waals surface area contributed by atoms with Gasteiger partial charge < -0.3 is 10.6 Å². The fourth-order valence-electron chi connectivity index (χ4n) is 2.75. The third-order valence-electron chi connectivity index (χ3n) is 4.05. The fraction of sp³-hybridized carbons (Fsp3) is 0.0526. The highest BCUT2D eigenvalue weighted by atomic mass is 35.5. The second kappa shape index (κ2) is 9.41. The molecule has 154 valence electrons. The first-order valence-electron chi connectivity index (χ1n) is 8.31. The molecule has 1 aromatic heterocycles. The second-order valence-corrected chi connectivity index (χ2v) is 8.23. The lowest BCUT2D eigenvalue weighted by atomic mass is 10.1. The van der Waals surface area contributed by atoms with E-state index in [2.05, 4.69) is 25.6 Å². The van der Waals surface area contributed by atoms with E-state index in [1.54, 1.807) is 25.3 Å². The quantitative estimate of drug-likeness (QED) is 0.420. The minimum atomic E-state index is -0.350. The van der Waals surface area contributed by atoms with E-state index in [0.29, 0.717) is 36.6 Å². The van der Waals surface area contributed by atoms with Crippen LogP contribution in [0.25, 0.3) is 17.0 Å². The molecule has 0 radical (unpaired) electrons. The minimum Gasteiger partial charge on any atom is -0.373 e. The summed E-state index contributed by atoms with van der Waals surface area (Å²) in [7, 11) is 1.79. The van der Waals surface area contributed by atoms with Crippen molar-refractivity contribution >= 4 is 98.5 Å². The lowest BCUT2D eigenvalue weighted by Gasteiger charge is -2.09. The smallest absolute Gasteiger partial charge is 0.286 e. The van der Waals surface area contributed by atoms with Crippen molar-refractivity contribution in [2.45, 2.75) is 0 Å². The van der Waals surface area contributed by atoms with Gasteiger partial charge in [0, 0.05) is 17.5 Å². The van der Waals surface area contributed by atoms with Crippen LogP contribution in [0.4, 0.5) is 11.5 Å². The Morgan fingerprint density at radius 1 is 1.07 bits per heavy atom. The van der Waals surface area contributed by atoms with Gasteiger partial charge in [-0.25, -0.2) is 9.97 Å². The highest BCUT2D eigenvalue weighted by Crippen LogP contribution is 2.37. The molecule has 0 atom stereocenters. The summed E-state index contributed by atoms with van der Waals surface area (Å²) in [5.74, 6) is 0.364. The molecule has 30 heavy (non-hydrogen) atoms. The van der Waals surface area contributed by atoms with Gasteiger partial charge in [0.25, 0.3) is 5.91 Å². The molecule has 11 heteroatoms. The van der Waals surface area contributed by atoms with Crippen LogP contribution in [0, 0.1) is 0 Å². The Morgan fingerprint density at radius 3 is 2.50 bits per heavy atom. The zero-order valence-electron chi connectivity index (χ0n) is 15.2. The van der Waals surface area contributed by atoms with Gasteiger partial charge in [0.05, 0.1) is 26.2 Å². The Morgan fingerprint density at radius 2 is 1.80 bits per heavy atom. The van der Waals surface area contributed by atoms with Crippen LogP contribution in [0.1, 0.15) is 5.56 Å². The van der Waals surface area contributed by atoms with Gasteiger partial charge in [-0.2, -0.15) is 4.99 Å². The minimum absolute atomic E-state index is 0. The van der Waals surface area contributed by atoms with Crippen LogP contribution in [0.5, 0.6) is 0 Å². The summed E-state index contributed by atoms with van der Waals surface area (Å²) in [6.45, 7) is 0. The molecule has 3 aromatic rings. The van der Waals surface area contributed by atoms with Crippen molar-refractivity contribution in [2.24, 2.45) is 4.99 Å². The number of thioether (sulfide) groups is 1. The zero-order valence-corrected chi connectivity index (χ0v) is 19.1. The topological polar surface area (TPSA) is 79.3 Å². The molecule has 0 unspecified atom stereocenters. The maximum Gasteiger partial charge on any atom is 0.286 e. The van der Waals surface area contributed by atoms with Gasteiger partial charge in [-0.3, -0.25) is 4.79 Å². The standard InChI is InChI=1S/C19H12Cl3N5OS.ClH/c1-23-17-11-4-9(2-3-14(11)24-8-25-17)5-15-18(28)27-19(29-15)26-16-12(21)6-10(20)7-13(16)22;/h2-8H,1H3,(H,23,24,25)(H,26,27,28);1H/b15-5-;. The molecule has 0 aliphatic carbocycles. The monoisotopic (exact) mass is 499 g/mol. The Bertz CT molecular complexity index is 1190. The van der Waals surface area contributed by atoms with Gasteiger partial charge in [0.15, 0.2) is 5.17 Å². The number of rotatable bonds is 3. The molecule has 6 nitrogen and oxygen atoms in total. The maximum absolute atomic E-state index is 12.3. The lowest BCUT2D eigenvalue weighted by Crippen LogP contribution is -2.06. The van der Waals surface area contributed by atoms with Gasteiger partial charge in [-0.15, -0.1) is 12.4 Å². The molecule has 1 aliphatic rings. The number of aliphatic imine (C=N–C) groups is 1. The largest absolute Gasteiger partial charge is 0.373 e. The predicted molar refractivity (Wildman–Crippen MR) is 129 cm³/mol. The average molecular weight is 501 g/mol. The Balaban J connectivity index is 0.00000256. The summed E-state index contributed by atoms with van der Waals surface area (Å²) in [6, 6.07) is 8.80. The molecule has 1 amide bonds. The van der Waals surface area contributed by atoms with Gasteiger partial charge >= 0.3 is 0 Å². The van der Waals surface area contributed by atoms with E-state index >= 15 is 0 Å². The highest BCUT2D eigenvalue weighted by molar-refractivity contribution is 8.18. The van der Waals surface area contributed by atoms with Crippen molar-refractivity contribution < 1.29 is 4.79 Å². The number of nitrogens with zero attached hydrogens (tertiary/aromatic N) is 3. The van der Waals surface area contributed by atoms with Crippen molar-refractivity contribution in [2.75, 3.05) is 17.7 Å². The van der Waals surface area contributed by atoms with Crippen LogP contribution in [0.3, 0.4) is 0 Å². The van der Waals surface area contributed by atoms with Crippen molar-refractivity contribution in [3.05, 3.63) is 62.2 Å². The highest BCUT2D eigenvalue weighted by Gasteiger charge is 2.23. The molecule has 1 aliphatic heterocycles. The summed E-state index contributed by atoms with van der Waals surface area (Å²) in [5, 5.41) is 8.37. The lowest BCUT2D eigenvalue weighted by molar-refractivity contribution is -0.113. The van der Waals surface area contributed by atoms with Crippen LogP contribution in [-0.2, 0) is 4.79 Å². The number of hydrogen-bond donors (Lipinski definition) is 2. The predicted octanol–water partition coefficient (Wildman–Crippen LogP) is 6.14. The number of anilines is 2. The van der Waals surface area contributed by atoms with E-state index in [4.69, 9.17) is 34.8 Å².